The molecule has 1 rings (SSSR count). The molecule has 20 heavy (non-hydrogen) atoms. The Hall–Kier alpha value is -1.06. The Balaban J connectivity index is 0. The lowest BCUT2D eigenvalue weighted by atomic mass is 9.95. The Morgan fingerprint density at radius 1 is 1.00 bits per heavy atom. The maximum atomic E-state index is 10.6. The number of rotatable bonds is 3. The first kappa shape index (κ1) is 21.2. The second-order valence-electron chi connectivity index (χ2n) is 4.73. The highest BCUT2D eigenvalue weighted by atomic mass is 16.2. The van der Waals surface area contributed by atoms with Gasteiger partial charge < -0.3 is 10.2 Å². The van der Waals surface area contributed by atoms with E-state index in [9.17, 15) is 9.59 Å². The van der Waals surface area contributed by atoms with Gasteiger partial charge in [-0.05, 0) is 26.7 Å². The monoisotopic (exact) mass is 286 g/mol. The molecule has 0 atom stereocenters. The van der Waals surface area contributed by atoms with E-state index in [2.05, 4.69) is 5.32 Å². The zero-order valence-electron chi connectivity index (χ0n) is 14.3. The van der Waals surface area contributed by atoms with Crippen LogP contribution in [0.5, 0.6) is 0 Å². The van der Waals surface area contributed by atoms with Crippen LogP contribution in [0.4, 0.5) is 0 Å². The third-order valence-electron chi connectivity index (χ3n) is 3.22. The van der Waals surface area contributed by atoms with Gasteiger partial charge >= 0.3 is 0 Å². The molecule has 0 aromatic carbocycles. The van der Waals surface area contributed by atoms with Gasteiger partial charge in [0.25, 0.3) is 0 Å². The largest absolute Gasteiger partial charge is 0.354 e. The van der Waals surface area contributed by atoms with E-state index in [0.717, 1.165) is 13.1 Å². The highest BCUT2D eigenvalue weighted by Crippen LogP contribution is 2.16. The second-order valence-corrected chi connectivity index (χ2v) is 4.73. The van der Waals surface area contributed by atoms with Crippen LogP contribution in [0.1, 0.15) is 73.6 Å². The van der Waals surface area contributed by atoms with E-state index >= 15 is 0 Å². The molecular weight excluding hydrogens is 252 g/mol. The molecule has 0 saturated heterocycles. The van der Waals surface area contributed by atoms with Crippen LogP contribution >= 0.6 is 0 Å². The van der Waals surface area contributed by atoms with Gasteiger partial charge in [0.1, 0.15) is 0 Å². The van der Waals surface area contributed by atoms with Gasteiger partial charge in [-0.3, -0.25) is 9.59 Å². The summed E-state index contributed by atoms with van der Waals surface area (Å²) in [6.07, 6.45) is 6.27. The molecule has 1 N–H and O–H groups in total. The summed E-state index contributed by atoms with van der Waals surface area (Å²) < 4.78 is 0. The molecule has 0 radical (unpaired) electrons. The summed E-state index contributed by atoms with van der Waals surface area (Å²) in [5, 5.41) is 2.94. The summed E-state index contributed by atoms with van der Waals surface area (Å²) in [6, 6.07) is 0.478. The summed E-state index contributed by atoms with van der Waals surface area (Å²) >= 11 is 0. The number of nitrogens with zero attached hydrogens (tertiary/aromatic N) is 1. The van der Waals surface area contributed by atoms with Crippen molar-refractivity contribution in [2.75, 3.05) is 13.1 Å². The third kappa shape index (κ3) is 12.0. The summed E-state index contributed by atoms with van der Waals surface area (Å²) in [4.78, 5) is 22.9. The molecule has 0 unspecified atom stereocenters. The number of carbonyl (C=O) groups is 2. The van der Waals surface area contributed by atoms with Crippen LogP contribution in [0.25, 0.3) is 0 Å². The Morgan fingerprint density at radius 3 is 1.70 bits per heavy atom. The van der Waals surface area contributed by atoms with Gasteiger partial charge in [0.2, 0.25) is 11.8 Å². The van der Waals surface area contributed by atoms with Gasteiger partial charge in [0.05, 0.1) is 0 Å². The van der Waals surface area contributed by atoms with E-state index in [1.807, 2.05) is 27.7 Å². The van der Waals surface area contributed by atoms with Crippen molar-refractivity contribution < 1.29 is 9.59 Å². The highest BCUT2D eigenvalue weighted by molar-refractivity contribution is 5.73. The van der Waals surface area contributed by atoms with Crippen LogP contribution in [0.2, 0.25) is 0 Å². The summed E-state index contributed by atoms with van der Waals surface area (Å²) in [5.74, 6) is 0.280. The Morgan fingerprint density at radius 2 is 1.45 bits per heavy atom. The van der Waals surface area contributed by atoms with Crippen LogP contribution < -0.4 is 5.32 Å². The number of amides is 2. The van der Waals surface area contributed by atoms with E-state index in [1.165, 1.54) is 32.1 Å². The first-order valence-corrected chi connectivity index (χ1v) is 8.03. The molecule has 4 nitrogen and oxygen atoms in total. The molecule has 0 bridgehead atoms. The SMILES string of the molecule is CC.CC(=O)NC1CCCCC1.CCN(CC)C(C)=O. The predicted octanol–water partition coefficient (Wildman–Crippen LogP) is 3.36. The molecule has 0 aromatic heterocycles. The maximum absolute atomic E-state index is 10.6. The predicted molar refractivity (Wildman–Crippen MR) is 85.6 cm³/mol. The molecule has 1 aliphatic rings. The van der Waals surface area contributed by atoms with Crippen molar-refractivity contribution in [1.29, 1.82) is 0 Å². The van der Waals surface area contributed by atoms with Crippen LogP contribution in [-0.2, 0) is 9.59 Å². The zero-order valence-corrected chi connectivity index (χ0v) is 14.3. The van der Waals surface area contributed by atoms with Crippen molar-refractivity contribution in [3.05, 3.63) is 0 Å². The highest BCUT2D eigenvalue weighted by Gasteiger charge is 2.12. The fourth-order valence-electron chi connectivity index (χ4n) is 2.20. The molecule has 1 fully saturated rings. The van der Waals surface area contributed by atoms with E-state index in [1.54, 1.807) is 18.7 Å². The van der Waals surface area contributed by atoms with Crippen LogP contribution in [-0.4, -0.2) is 35.8 Å². The summed E-state index contributed by atoms with van der Waals surface area (Å²) in [6.45, 7) is 12.8. The quantitative estimate of drug-likeness (QED) is 0.865. The fourth-order valence-corrected chi connectivity index (χ4v) is 2.20. The van der Waals surface area contributed by atoms with E-state index < -0.39 is 0 Å². The minimum absolute atomic E-state index is 0.118. The molecule has 1 aliphatic carbocycles. The van der Waals surface area contributed by atoms with Crippen LogP contribution in [0.3, 0.4) is 0 Å². The van der Waals surface area contributed by atoms with Gasteiger partial charge in [-0.25, -0.2) is 0 Å². The smallest absolute Gasteiger partial charge is 0.219 e. The Bertz CT molecular complexity index is 245. The molecular formula is C16H34N2O2. The summed E-state index contributed by atoms with van der Waals surface area (Å²) in [5.41, 5.74) is 0. The maximum Gasteiger partial charge on any atom is 0.219 e. The summed E-state index contributed by atoms with van der Waals surface area (Å²) in [7, 11) is 0. The average molecular weight is 286 g/mol. The molecule has 120 valence electrons. The van der Waals surface area contributed by atoms with Gasteiger partial charge in [0, 0.05) is 33.0 Å². The standard InChI is InChI=1S/C8H15NO.C6H13NO.C2H6/c1-7(10)9-8-5-3-2-4-6-8;1-4-7(5-2)6(3)8;1-2/h8H,2-6H2,1H3,(H,9,10);4-5H2,1-3H3;1-2H3. The zero-order chi connectivity index (χ0) is 16.0. The van der Waals surface area contributed by atoms with Gasteiger partial charge in [-0.15, -0.1) is 0 Å². The van der Waals surface area contributed by atoms with Crippen molar-refractivity contribution in [2.45, 2.75) is 79.7 Å². The molecule has 1 saturated carbocycles. The van der Waals surface area contributed by atoms with Crippen molar-refractivity contribution >= 4 is 11.8 Å². The normalized spacial score (nSPS) is 14.1. The van der Waals surface area contributed by atoms with Gasteiger partial charge in [0.15, 0.2) is 0 Å². The number of hydrogen-bond acceptors (Lipinski definition) is 2. The number of hydrogen-bond donors (Lipinski definition) is 1. The second kappa shape index (κ2) is 14.4. The molecule has 4 heteroatoms. The lowest BCUT2D eigenvalue weighted by Crippen LogP contribution is -2.34. The molecule has 0 spiro atoms. The molecule has 0 aliphatic heterocycles. The lowest BCUT2D eigenvalue weighted by molar-refractivity contribution is -0.128. The van der Waals surface area contributed by atoms with E-state index in [-0.39, 0.29) is 11.8 Å². The van der Waals surface area contributed by atoms with Gasteiger partial charge in [-0.2, -0.15) is 0 Å². The Labute approximate surface area is 125 Å². The minimum atomic E-state index is 0.118. The van der Waals surface area contributed by atoms with Crippen LogP contribution in [0, 0.1) is 0 Å². The van der Waals surface area contributed by atoms with Crippen molar-refractivity contribution in [2.24, 2.45) is 0 Å². The Kier molecular flexibility index (Phi) is 15.2. The first-order chi connectivity index (χ1) is 9.51. The number of nitrogens with one attached hydrogen (secondary N) is 1. The topological polar surface area (TPSA) is 49.4 Å². The molecule has 0 aromatic rings. The van der Waals surface area contributed by atoms with Crippen molar-refractivity contribution in [3.63, 3.8) is 0 Å². The van der Waals surface area contributed by atoms with E-state index in [0.29, 0.717) is 6.04 Å². The number of carbonyl (C=O) groups excluding carboxylic acids is 2. The first-order valence-electron chi connectivity index (χ1n) is 8.03. The van der Waals surface area contributed by atoms with E-state index in [4.69, 9.17) is 0 Å². The molecule has 2 amide bonds. The van der Waals surface area contributed by atoms with Crippen LogP contribution in [0.15, 0.2) is 0 Å². The fraction of sp³-hybridized carbons (Fsp3) is 0.875. The minimum Gasteiger partial charge on any atom is -0.354 e. The lowest BCUT2D eigenvalue weighted by Gasteiger charge is -2.21. The van der Waals surface area contributed by atoms with Crippen molar-refractivity contribution in [3.8, 4) is 0 Å². The van der Waals surface area contributed by atoms with Crippen molar-refractivity contribution in [1.82, 2.24) is 10.2 Å². The third-order valence-corrected chi connectivity index (χ3v) is 3.22. The molecule has 0 heterocycles. The van der Waals surface area contributed by atoms with Gasteiger partial charge in [-0.1, -0.05) is 33.1 Å². The average Bonchev–Trinajstić information content (AvgIpc) is 2.43.